The molecule has 0 aliphatic rings. The van der Waals surface area contributed by atoms with Gasteiger partial charge in [0, 0.05) is 28.9 Å². The van der Waals surface area contributed by atoms with E-state index < -0.39 is 8.07 Å². The number of rotatable bonds is 2. The van der Waals surface area contributed by atoms with Gasteiger partial charge in [-0.05, 0) is 11.3 Å². The smallest absolute Gasteiger partial charge is 0.0813 e. The van der Waals surface area contributed by atoms with Crippen molar-refractivity contribution in [1.29, 1.82) is 0 Å². The van der Waals surface area contributed by atoms with Gasteiger partial charge in [0.15, 0.2) is 0 Å². The van der Waals surface area contributed by atoms with Gasteiger partial charge in [0.1, 0.15) is 0 Å². The molecule has 0 saturated carbocycles. The standard InChI is InChI=1S/C21H22N2Si/c1-23-17-13-9-8-12-16(17)19-18(23)14-22-20(21(19)24(2,3)4)15-10-6-5-7-11-15/h5-14H,1-4H3. The van der Waals surface area contributed by atoms with Crippen LogP contribution in [0.2, 0.25) is 19.6 Å². The van der Waals surface area contributed by atoms with E-state index in [4.69, 9.17) is 4.98 Å². The van der Waals surface area contributed by atoms with Crippen molar-refractivity contribution in [2.24, 2.45) is 7.05 Å². The van der Waals surface area contributed by atoms with Gasteiger partial charge in [0.05, 0.1) is 25.5 Å². The first kappa shape index (κ1) is 15.2. The molecule has 120 valence electrons. The van der Waals surface area contributed by atoms with Crippen molar-refractivity contribution in [3.8, 4) is 11.3 Å². The van der Waals surface area contributed by atoms with Crippen LogP contribution in [0, 0.1) is 0 Å². The summed E-state index contributed by atoms with van der Waals surface area (Å²) in [6.07, 6.45) is 2.04. The molecule has 0 spiro atoms. The number of nitrogens with zero attached hydrogens (tertiary/aromatic N) is 2. The van der Waals surface area contributed by atoms with Gasteiger partial charge in [-0.1, -0.05) is 68.2 Å². The summed E-state index contributed by atoms with van der Waals surface area (Å²) in [7, 11) is 0.537. The number of aromatic nitrogens is 2. The van der Waals surface area contributed by atoms with E-state index in [2.05, 4.69) is 85.9 Å². The molecule has 0 saturated heterocycles. The fourth-order valence-corrected chi connectivity index (χ4v) is 5.61. The van der Waals surface area contributed by atoms with Crippen LogP contribution < -0.4 is 5.19 Å². The number of fused-ring (bicyclic) bond motifs is 3. The lowest BCUT2D eigenvalue weighted by molar-refractivity contribution is 1.01. The Labute approximate surface area is 143 Å². The van der Waals surface area contributed by atoms with Crippen molar-refractivity contribution in [1.82, 2.24) is 9.55 Å². The summed E-state index contributed by atoms with van der Waals surface area (Å²) in [5, 5.41) is 4.19. The van der Waals surface area contributed by atoms with E-state index >= 15 is 0 Å². The Morgan fingerprint density at radius 1 is 0.833 bits per heavy atom. The Bertz CT molecular complexity index is 1040. The summed E-state index contributed by atoms with van der Waals surface area (Å²) < 4.78 is 2.27. The van der Waals surface area contributed by atoms with Crippen molar-refractivity contribution >= 4 is 35.1 Å². The van der Waals surface area contributed by atoms with E-state index in [1.165, 1.54) is 32.6 Å². The minimum Gasteiger partial charge on any atom is -0.342 e. The molecule has 0 atom stereocenters. The normalized spacial score (nSPS) is 12.2. The summed E-state index contributed by atoms with van der Waals surface area (Å²) in [4.78, 5) is 4.91. The first-order valence-electron chi connectivity index (χ1n) is 8.40. The highest BCUT2D eigenvalue weighted by Crippen LogP contribution is 2.31. The molecule has 3 heteroatoms. The molecule has 0 aliphatic heterocycles. The molecule has 0 unspecified atom stereocenters. The summed E-state index contributed by atoms with van der Waals surface area (Å²) in [6.45, 7) is 7.24. The fourth-order valence-electron chi connectivity index (χ4n) is 3.68. The van der Waals surface area contributed by atoms with E-state index in [1.807, 2.05) is 6.20 Å². The van der Waals surface area contributed by atoms with Crippen LogP contribution in [-0.2, 0) is 7.05 Å². The van der Waals surface area contributed by atoms with E-state index in [9.17, 15) is 0 Å². The van der Waals surface area contributed by atoms with Crippen molar-refractivity contribution in [3.63, 3.8) is 0 Å². The molecule has 0 amide bonds. The number of benzene rings is 2. The van der Waals surface area contributed by atoms with E-state index in [-0.39, 0.29) is 0 Å². The highest BCUT2D eigenvalue weighted by Gasteiger charge is 2.27. The Hall–Kier alpha value is -2.39. The maximum atomic E-state index is 4.91. The summed E-state index contributed by atoms with van der Waals surface area (Å²) in [6, 6.07) is 19.3. The van der Waals surface area contributed by atoms with Gasteiger partial charge in [0.2, 0.25) is 0 Å². The second-order valence-corrected chi connectivity index (χ2v) is 12.4. The molecule has 4 rings (SSSR count). The van der Waals surface area contributed by atoms with Crippen LogP contribution in [-0.4, -0.2) is 17.6 Å². The number of para-hydroxylation sites is 1. The van der Waals surface area contributed by atoms with Crippen LogP contribution in [0.15, 0.2) is 60.8 Å². The molecule has 0 bridgehead atoms. The molecular weight excluding hydrogens is 308 g/mol. The molecule has 0 radical (unpaired) electrons. The zero-order valence-electron chi connectivity index (χ0n) is 14.7. The van der Waals surface area contributed by atoms with Gasteiger partial charge in [-0.15, -0.1) is 0 Å². The molecule has 2 aromatic heterocycles. The van der Waals surface area contributed by atoms with Crippen LogP contribution in [0.3, 0.4) is 0 Å². The highest BCUT2D eigenvalue weighted by atomic mass is 28.3. The molecule has 0 fully saturated rings. The average molecular weight is 331 g/mol. The minimum atomic E-state index is -1.60. The minimum absolute atomic E-state index is 1.15. The molecule has 2 aromatic carbocycles. The van der Waals surface area contributed by atoms with Crippen LogP contribution in [0.1, 0.15) is 0 Å². The zero-order valence-corrected chi connectivity index (χ0v) is 15.7. The quantitative estimate of drug-likeness (QED) is 0.476. The molecular formula is C21H22N2Si. The average Bonchev–Trinajstić information content (AvgIpc) is 2.87. The second kappa shape index (κ2) is 5.31. The lowest BCUT2D eigenvalue weighted by Gasteiger charge is -2.22. The third-order valence-electron chi connectivity index (χ3n) is 4.75. The van der Waals surface area contributed by atoms with Crippen molar-refractivity contribution < 1.29 is 0 Å². The van der Waals surface area contributed by atoms with Crippen molar-refractivity contribution in [2.45, 2.75) is 19.6 Å². The van der Waals surface area contributed by atoms with Crippen LogP contribution in [0.5, 0.6) is 0 Å². The summed E-state index contributed by atoms with van der Waals surface area (Å²) in [5.74, 6) is 0. The Morgan fingerprint density at radius 3 is 2.21 bits per heavy atom. The van der Waals surface area contributed by atoms with Gasteiger partial charge in [0.25, 0.3) is 0 Å². The largest absolute Gasteiger partial charge is 0.342 e. The molecule has 4 aromatic rings. The molecule has 0 aliphatic carbocycles. The SMILES string of the molecule is Cn1c2ccccc2c2c([Si](C)(C)C)c(-c3ccccc3)ncc21. The summed E-state index contributed by atoms with van der Waals surface area (Å²) >= 11 is 0. The van der Waals surface area contributed by atoms with Crippen LogP contribution in [0.25, 0.3) is 33.1 Å². The third-order valence-corrected chi connectivity index (χ3v) is 6.74. The van der Waals surface area contributed by atoms with Crippen LogP contribution in [0.4, 0.5) is 0 Å². The monoisotopic (exact) mass is 330 g/mol. The number of hydrogen-bond donors (Lipinski definition) is 0. The lowest BCUT2D eigenvalue weighted by atomic mass is 10.1. The molecule has 0 N–H and O–H groups in total. The Balaban J connectivity index is 2.22. The van der Waals surface area contributed by atoms with E-state index in [0.29, 0.717) is 0 Å². The predicted molar refractivity (Wildman–Crippen MR) is 107 cm³/mol. The number of pyridine rings is 1. The molecule has 2 heterocycles. The van der Waals surface area contributed by atoms with E-state index in [1.54, 1.807) is 0 Å². The van der Waals surface area contributed by atoms with Gasteiger partial charge < -0.3 is 4.57 Å². The second-order valence-electron chi connectivity index (χ2n) is 7.43. The van der Waals surface area contributed by atoms with Gasteiger partial charge in [-0.2, -0.15) is 0 Å². The Morgan fingerprint density at radius 2 is 1.50 bits per heavy atom. The summed E-state index contributed by atoms with van der Waals surface area (Å²) in [5.41, 5.74) is 4.87. The van der Waals surface area contributed by atoms with Gasteiger partial charge in [-0.25, -0.2) is 0 Å². The number of hydrogen-bond acceptors (Lipinski definition) is 1. The first-order valence-corrected chi connectivity index (χ1v) is 11.9. The first-order chi connectivity index (χ1) is 11.5. The lowest BCUT2D eigenvalue weighted by Crippen LogP contribution is -2.40. The number of aryl methyl sites for hydroxylation is 1. The van der Waals surface area contributed by atoms with Gasteiger partial charge >= 0.3 is 0 Å². The van der Waals surface area contributed by atoms with Gasteiger partial charge in [-0.3, -0.25) is 4.98 Å². The zero-order chi connectivity index (χ0) is 16.9. The highest BCUT2D eigenvalue weighted by molar-refractivity contribution is 6.91. The molecule has 2 nitrogen and oxygen atoms in total. The van der Waals surface area contributed by atoms with Crippen LogP contribution >= 0.6 is 0 Å². The fraction of sp³-hybridized carbons (Fsp3) is 0.190. The van der Waals surface area contributed by atoms with E-state index in [0.717, 1.165) is 5.69 Å². The Kier molecular flexibility index (Phi) is 3.36. The maximum absolute atomic E-state index is 4.91. The third kappa shape index (κ3) is 2.20. The maximum Gasteiger partial charge on any atom is 0.0813 e. The van der Waals surface area contributed by atoms with Crippen molar-refractivity contribution in [2.75, 3.05) is 0 Å². The topological polar surface area (TPSA) is 17.8 Å². The molecule has 24 heavy (non-hydrogen) atoms. The predicted octanol–water partition coefficient (Wildman–Crippen LogP) is 4.94. The van der Waals surface area contributed by atoms with Crippen molar-refractivity contribution in [3.05, 3.63) is 60.8 Å².